The van der Waals surface area contributed by atoms with Crippen molar-refractivity contribution in [3.8, 4) is 0 Å². The normalized spacial score (nSPS) is 26.2. The van der Waals surface area contributed by atoms with Gasteiger partial charge in [0.1, 0.15) is 12.7 Å². The number of H-pyrrole nitrogens is 1. The Morgan fingerprint density at radius 3 is 2.60 bits per heavy atom. The molecule has 2 amide bonds. The summed E-state index contributed by atoms with van der Waals surface area (Å²) in [5.74, 6) is -0.0119. The zero-order valence-electron chi connectivity index (χ0n) is 20.4. The molecule has 3 aliphatic rings. The molecule has 3 fully saturated rings. The number of nitrogens with one attached hydrogen (secondary N) is 2. The number of hydrogen-bond acceptors (Lipinski definition) is 3. The first-order chi connectivity index (χ1) is 17.0. The molecule has 2 aliphatic carbocycles. The van der Waals surface area contributed by atoms with Gasteiger partial charge in [-0.2, -0.15) is 0 Å². The summed E-state index contributed by atoms with van der Waals surface area (Å²) in [7, 11) is 0. The predicted molar refractivity (Wildman–Crippen MR) is 137 cm³/mol. The highest BCUT2D eigenvalue weighted by Crippen LogP contribution is 2.38. The number of aromatic amines is 1. The van der Waals surface area contributed by atoms with Crippen molar-refractivity contribution in [1.82, 2.24) is 9.88 Å². The van der Waals surface area contributed by atoms with Crippen LogP contribution in [0.4, 0.5) is 10.1 Å². The lowest BCUT2D eigenvalue weighted by Gasteiger charge is -2.34. The van der Waals surface area contributed by atoms with Crippen molar-refractivity contribution in [1.29, 1.82) is 0 Å². The largest absolute Gasteiger partial charge is 0.361 e. The molecule has 0 spiro atoms. The summed E-state index contributed by atoms with van der Waals surface area (Å²) in [5.41, 5.74) is 10.2. The van der Waals surface area contributed by atoms with E-state index in [1.807, 2.05) is 35.4 Å². The highest BCUT2D eigenvalue weighted by molar-refractivity contribution is 6.01. The molecule has 0 radical (unpaired) electrons. The Balaban J connectivity index is 1.36. The average Bonchev–Trinajstić information content (AvgIpc) is 3.55. The van der Waals surface area contributed by atoms with Crippen LogP contribution in [-0.2, 0) is 9.59 Å². The number of nitrogens with zero attached hydrogens (tertiary/aromatic N) is 1. The molecule has 7 heteroatoms. The highest BCUT2D eigenvalue weighted by Gasteiger charge is 2.42. The van der Waals surface area contributed by atoms with Crippen LogP contribution in [0.5, 0.6) is 0 Å². The summed E-state index contributed by atoms with van der Waals surface area (Å²) >= 11 is 0. The number of allylic oxidation sites excluding steroid dienone is 1. The van der Waals surface area contributed by atoms with Gasteiger partial charge in [-0.15, -0.1) is 0 Å². The molecular formula is C28H37FN4O2. The Hall–Kier alpha value is -2.67. The highest BCUT2D eigenvalue weighted by atomic mass is 19.1. The average molecular weight is 481 g/mol. The Bertz CT molecular complexity index is 1090. The zero-order valence-corrected chi connectivity index (χ0v) is 20.4. The molecule has 35 heavy (non-hydrogen) atoms. The molecule has 1 aliphatic heterocycles. The first-order valence-corrected chi connectivity index (χ1v) is 13.3. The lowest BCUT2D eigenvalue weighted by molar-refractivity contribution is -0.140. The summed E-state index contributed by atoms with van der Waals surface area (Å²) in [6.07, 6.45) is 11.3. The molecule has 6 nitrogen and oxygen atoms in total. The van der Waals surface area contributed by atoms with Gasteiger partial charge < -0.3 is 20.9 Å². The standard InChI is InChI=1S/C28H37FN4O2/c29-17-24(30)19-6-8-20(9-7-19)28(35)33-15-13-23(18-4-2-1-3-5-18)26(33)27(34)32-22-10-11-25-21(16-22)12-14-31-25/h10-12,14,16,19-20,24,26,31H,1-9,13,15,17,30H2,(H,32,34)/t19?,20?,24-,26+/m1/s1. The number of likely N-dealkylation sites (tertiary alicyclic amines) is 1. The number of anilines is 1. The van der Waals surface area contributed by atoms with Crippen LogP contribution in [0, 0.1) is 11.8 Å². The number of amides is 2. The number of benzene rings is 1. The maximum Gasteiger partial charge on any atom is 0.251 e. The number of hydrogen-bond donors (Lipinski definition) is 3. The quantitative estimate of drug-likeness (QED) is 0.522. The number of alkyl halides is 1. The SMILES string of the molecule is N[C@H](CF)C1CCC(C(=O)N2CCC(=C3CCCCC3)[C@H]2C(=O)Nc2ccc3[nH]ccc3c2)CC1. The fraction of sp³-hybridized carbons (Fsp3) is 0.571. The van der Waals surface area contributed by atoms with E-state index in [0.29, 0.717) is 6.54 Å². The van der Waals surface area contributed by atoms with E-state index in [0.717, 1.165) is 80.0 Å². The van der Waals surface area contributed by atoms with Crippen molar-refractivity contribution in [2.24, 2.45) is 17.6 Å². The van der Waals surface area contributed by atoms with Crippen molar-refractivity contribution in [3.05, 3.63) is 41.6 Å². The van der Waals surface area contributed by atoms with Crippen LogP contribution < -0.4 is 11.1 Å². The summed E-state index contributed by atoms with van der Waals surface area (Å²) in [6.45, 7) is 0.0830. The van der Waals surface area contributed by atoms with Gasteiger partial charge in [0.25, 0.3) is 5.91 Å². The van der Waals surface area contributed by atoms with Crippen LogP contribution >= 0.6 is 0 Å². The lowest BCUT2D eigenvalue weighted by atomic mass is 9.78. The zero-order chi connectivity index (χ0) is 24.4. The number of nitrogens with two attached hydrogens (primary N) is 1. The second-order valence-electron chi connectivity index (χ2n) is 10.6. The van der Waals surface area contributed by atoms with E-state index in [1.165, 1.54) is 12.0 Å². The molecule has 1 aromatic carbocycles. The summed E-state index contributed by atoms with van der Waals surface area (Å²) in [5, 5.41) is 4.15. The number of halogens is 1. The lowest BCUT2D eigenvalue weighted by Crippen LogP contribution is -2.47. The molecule has 2 aromatic rings. The van der Waals surface area contributed by atoms with E-state index < -0.39 is 18.8 Å². The van der Waals surface area contributed by atoms with Crippen LogP contribution in [0.3, 0.4) is 0 Å². The van der Waals surface area contributed by atoms with E-state index in [-0.39, 0.29) is 23.7 Å². The number of carbonyl (C=O) groups excluding carboxylic acids is 2. The van der Waals surface area contributed by atoms with Crippen LogP contribution in [0.2, 0.25) is 0 Å². The number of rotatable bonds is 5. The molecule has 1 saturated heterocycles. The molecule has 2 atom stereocenters. The first-order valence-electron chi connectivity index (χ1n) is 13.3. The third-order valence-corrected chi connectivity index (χ3v) is 8.43. The molecule has 0 unspecified atom stereocenters. The third kappa shape index (κ3) is 5.01. The van der Waals surface area contributed by atoms with Gasteiger partial charge in [0.05, 0.1) is 0 Å². The smallest absolute Gasteiger partial charge is 0.251 e. The minimum Gasteiger partial charge on any atom is -0.361 e. The van der Waals surface area contributed by atoms with Gasteiger partial charge in [0.15, 0.2) is 0 Å². The predicted octanol–water partition coefficient (Wildman–Crippen LogP) is 5.07. The Morgan fingerprint density at radius 2 is 1.86 bits per heavy atom. The minimum absolute atomic E-state index is 0.0740. The second-order valence-corrected chi connectivity index (χ2v) is 10.6. The number of carbonyl (C=O) groups is 2. The molecular weight excluding hydrogens is 443 g/mol. The van der Waals surface area contributed by atoms with Gasteiger partial charge >= 0.3 is 0 Å². The van der Waals surface area contributed by atoms with Crippen LogP contribution in [0.1, 0.15) is 64.2 Å². The Labute approximate surface area is 206 Å². The van der Waals surface area contributed by atoms with Gasteiger partial charge in [0, 0.05) is 41.3 Å². The van der Waals surface area contributed by atoms with Gasteiger partial charge in [0.2, 0.25) is 5.91 Å². The van der Waals surface area contributed by atoms with Crippen molar-refractivity contribution in [3.63, 3.8) is 0 Å². The molecule has 0 bridgehead atoms. The van der Waals surface area contributed by atoms with Crippen LogP contribution in [0.15, 0.2) is 41.6 Å². The summed E-state index contributed by atoms with van der Waals surface area (Å²) in [6, 6.07) is 6.84. The van der Waals surface area contributed by atoms with E-state index in [1.54, 1.807) is 0 Å². The molecule has 2 heterocycles. The van der Waals surface area contributed by atoms with Gasteiger partial charge in [-0.25, -0.2) is 4.39 Å². The van der Waals surface area contributed by atoms with Crippen molar-refractivity contribution >= 4 is 28.4 Å². The van der Waals surface area contributed by atoms with Gasteiger partial charge in [-0.05, 0) is 93.5 Å². The van der Waals surface area contributed by atoms with E-state index in [2.05, 4.69) is 10.3 Å². The minimum atomic E-state index is -0.539. The molecule has 188 valence electrons. The fourth-order valence-corrected chi connectivity index (χ4v) is 6.40. The number of aromatic nitrogens is 1. The second kappa shape index (κ2) is 10.5. The maximum absolute atomic E-state index is 13.7. The van der Waals surface area contributed by atoms with Crippen molar-refractivity contribution in [2.45, 2.75) is 76.3 Å². The monoisotopic (exact) mass is 480 g/mol. The third-order valence-electron chi connectivity index (χ3n) is 8.43. The maximum atomic E-state index is 13.7. The van der Waals surface area contributed by atoms with E-state index >= 15 is 0 Å². The van der Waals surface area contributed by atoms with Crippen molar-refractivity contribution in [2.75, 3.05) is 18.5 Å². The summed E-state index contributed by atoms with van der Waals surface area (Å²) in [4.78, 5) is 32.4. The van der Waals surface area contributed by atoms with Crippen LogP contribution in [-0.4, -0.2) is 47.0 Å². The van der Waals surface area contributed by atoms with Gasteiger partial charge in [-0.3, -0.25) is 9.59 Å². The van der Waals surface area contributed by atoms with Crippen LogP contribution in [0.25, 0.3) is 10.9 Å². The van der Waals surface area contributed by atoms with E-state index in [9.17, 15) is 14.0 Å². The molecule has 4 N–H and O–H groups in total. The summed E-state index contributed by atoms with van der Waals surface area (Å²) < 4.78 is 13.0. The topological polar surface area (TPSA) is 91.2 Å². The molecule has 5 rings (SSSR count). The van der Waals surface area contributed by atoms with Crippen molar-refractivity contribution < 1.29 is 14.0 Å². The van der Waals surface area contributed by atoms with Gasteiger partial charge in [-0.1, -0.05) is 12.0 Å². The number of fused-ring (bicyclic) bond motifs is 1. The van der Waals surface area contributed by atoms with E-state index in [4.69, 9.17) is 5.73 Å². The Kier molecular flexibility index (Phi) is 7.23. The fourth-order valence-electron chi connectivity index (χ4n) is 6.40. The Morgan fingerprint density at radius 1 is 1.09 bits per heavy atom. The first kappa shape index (κ1) is 24.0. The molecule has 2 saturated carbocycles. The molecule has 1 aromatic heterocycles.